The molecular weight excluding hydrogens is 394 g/mol. The highest BCUT2D eigenvalue weighted by atomic mass is 32.2. The molecule has 0 atom stereocenters. The second-order valence-corrected chi connectivity index (χ2v) is 8.04. The Balaban J connectivity index is 1.78. The summed E-state index contributed by atoms with van der Waals surface area (Å²) in [6, 6.07) is 8.02. The first-order chi connectivity index (χ1) is 13.6. The van der Waals surface area contributed by atoms with Gasteiger partial charge in [0.05, 0.1) is 18.6 Å². The van der Waals surface area contributed by atoms with Gasteiger partial charge in [-0.2, -0.15) is 0 Å². The molecule has 1 aromatic carbocycles. The summed E-state index contributed by atoms with van der Waals surface area (Å²) in [5, 5.41) is 13.0. The molecule has 3 aromatic rings. The number of benzene rings is 1. The third-order valence-electron chi connectivity index (χ3n) is 4.23. The Morgan fingerprint density at radius 1 is 1.29 bits per heavy atom. The predicted molar refractivity (Wildman–Crippen MR) is 114 cm³/mol. The highest BCUT2D eigenvalue weighted by Gasteiger charge is 2.15. The van der Waals surface area contributed by atoms with Crippen LogP contribution in [0.15, 0.2) is 41.0 Å². The number of hydrogen-bond acceptors (Lipinski definition) is 7. The summed E-state index contributed by atoms with van der Waals surface area (Å²) in [6.45, 7) is 2.94. The van der Waals surface area contributed by atoms with Crippen molar-refractivity contribution in [3.63, 3.8) is 0 Å². The molecule has 0 saturated heterocycles. The summed E-state index contributed by atoms with van der Waals surface area (Å²) in [5.41, 5.74) is 2.18. The molecule has 0 fully saturated rings. The number of thioether (sulfide) groups is 1. The van der Waals surface area contributed by atoms with E-state index < -0.39 is 0 Å². The van der Waals surface area contributed by atoms with E-state index in [-0.39, 0.29) is 12.5 Å². The Bertz CT molecular complexity index is 928. The average Bonchev–Trinajstić information content (AvgIpc) is 3.14. The molecule has 1 N–H and O–H groups in total. The van der Waals surface area contributed by atoms with Crippen molar-refractivity contribution in [3.05, 3.63) is 36.0 Å². The van der Waals surface area contributed by atoms with E-state index in [2.05, 4.69) is 15.3 Å². The van der Waals surface area contributed by atoms with Crippen LogP contribution in [0.25, 0.3) is 21.3 Å². The molecule has 8 heteroatoms. The van der Waals surface area contributed by atoms with E-state index in [1.807, 2.05) is 31.2 Å². The summed E-state index contributed by atoms with van der Waals surface area (Å²) in [4.78, 5) is 23.4. The van der Waals surface area contributed by atoms with Gasteiger partial charge in [-0.1, -0.05) is 12.1 Å². The van der Waals surface area contributed by atoms with Crippen molar-refractivity contribution >= 4 is 39.2 Å². The van der Waals surface area contributed by atoms with Crippen LogP contribution in [0, 0.1) is 0 Å². The molecule has 0 aliphatic carbocycles. The fourth-order valence-corrected chi connectivity index (χ4v) is 4.69. The van der Waals surface area contributed by atoms with Gasteiger partial charge in [-0.3, -0.25) is 4.79 Å². The number of aliphatic hydroxyl groups is 1. The van der Waals surface area contributed by atoms with Crippen LogP contribution in [0.5, 0.6) is 5.75 Å². The van der Waals surface area contributed by atoms with E-state index in [4.69, 9.17) is 9.84 Å². The molecule has 0 saturated carbocycles. The largest absolute Gasteiger partial charge is 0.494 e. The zero-order valence-electron chi connectivity index (χ0n) is 15.9. The van der Waals surface area contributed by atoms with Crippen LogP contribution in [0.1, 0.15) is 13.3 Å². The lowest BCUT2D eigenvalue weighted by Gasteiger charge is -2.15. The molecule has 3 rings (SSSR count). The predicted octanol–water partition coefficient (Wildman–Crippen LogP) is 3.69. The lowest BCUT2D eigenvalue weighted by Crippen LogP contribution is -2.29. The first-order valence-corrected chi connectivity index (χ1v) is 10.9. The maximum atomic E-state index is 12.1. The number of likely N-dealkylation sites (N-methyl/N-ethyl adjacent to an activating group) is 1. The van der Waals surface area contributed by atoms with Gasteiger partial charge in [0.25, 0.3) is 0 Å². The molecule has 0 aliphatic rings. The fraction of sp³-hybridized carbons (Fsp3) is 0.350. The summed E-state index contributed by atoms with van der Waals surface area (Å²) in [7, 11) is 1.70. The number of fused-ring (bicyclic) bond motifs is 1. The van der Waals surface area contributed by atoms with Crippen molar-refractivity contribution in [1.82, 2.24) is 14.9 Å². The molecule has 148 valence electrons. The fourth-order valence-electron chi connectivity index (χ4n) is 2.77. The van der Waals surface area contributed by atoms with Crippen LogP contribution in [-0.4, -0.2) is 58.4 Å². The first-order valence-electron chi connectivity index (χ1n) is 9.07. The van der Waals surface area contributed by atoms with Gasteiger partial charge >= 0.3 is 0 Å². The lowest BCUT2D eigenvalue weighted by molar-refractivity contribution is -0.129. The van der Waals surface area contributed by atoms with Gasteiger partial charge in [-0.25, -0.2) is 9.97 Å². The monoisotopic (exact) mass is 417 g/mol. The van der Waals surface area contributed by atoms with Gasteiger partial charge in [-0.15, -0.1) is 23.1 Å². The number of nitrogens with zero attached hydrogens (tertiary/aromatic N) is 3. The van der Waals surface area contributed by atoms with E-state index in [1.165, 1.54) is 0 Å². The smallest absolute Gasteiger partial charge is 0.223 e. The molecule has 6 nitrogen and oxygen atoms in total. The Hall–Kier alpha value is -2.16. The van der Waals surface area contributed by atoms with Crippen molar-refractivity contribution in [1.29, 1.82) is 0 Å². The topological polar surface area (TPSA) is 75.6 Å². The average molecular weight is 418 g/mol. The SMILES string of the molecule is CCOc1ccc(-c2csc3ncnc(SCCC(=O)N(C)CCO)c23)cc1. The van der Waals surface area contributed by atoms with E-state index in [0.29, 0.717) is 25.3 Å². The molecule has 2 heterocycles. The van der Waals surface area contributed by atoms with E-state index in [9.17, 15) is 4.79 Å². The number of carbonyl (C=O) groups is 1. The minimum absolute atomic E-state index is 0.0175. The van der Waals surface area contributed by atoms with Gasteiger partial charge in [0.1, 0.15) is 21.9 Å². The van der Waals surface area contributed by atoms with Crippen LogP contribution < -0.4 is 4.74 Å². The van der Waals surface area contributed by atoms with Gasteiger partial charge < -0.3 is 14.7 Å². The molecular formula is C20H23N3O3S2. The molecule has 28 heavy (non-hydrogen) atoms. The number of hydrogen-bond donors (Lipinski definition) is 1. The van der Waals surface area contributed by atoms with Gasteiger partial charge in [0, 0.05) is 36.7 Å². The molecule has 0 bridgehead atoms. The van der Waals surface area contributed by atoms with Crippen LogP contribution in [0.4, 0.5) is 0 Å². The van der Waals surface area contributed by atoms with Gasteiger partial charge in [0.2, 0.25) is 5.91 Å². The number of aromatic nitrogens is 2. The highest BCUT2D eigenvalue weighted by molar-refractivity contribution is 7.99. The summed E-state index contributed by atoms with van der Waals surface area (Å²) in [6.07, 6.45) is 1.97. The van der Waals surface area contributed by atoms with Crippen molar-refractivity contribution in [2.24, 2.45) is 0 Å². The van der Waals surface area contributed by atoms with Crippen molar-refractivity contribution in [2.75, 3.05) is 32.6 Å². The number of thiophene rings is 1. The summed E-state index contributed by atoms with van der Waals surface area (Å²) in [5.74, 6) is 1.49. The molecule has 0 aliphatic heterocycles. The molecule has 0 unspecified atom stereocenters. The number of carbonyl (C=O) groups excluding carboxylic acids is 1. The lowest BCUT2D eigenvalue weighted by atomic mass is 10.1. The third kappa shape index (κ3) is 4.81. The standard InChI is InChI=1S/C20H23N3O3S2/c1-3-26-15-6-4-14(5-7-15)16-12-28-20-18(16)19(21-13-22-20)27-11-8-17(25)23(2)9-10-24/h4-7,12-13,24H,3,8-11H2,1-2H3. The maximum Gasteiger partial charge on any atom is 0.223 e. The minimum Gasteiger partial charge on any atom is -0.494 e. The second-order valence-electron chi connectivity index (χ2n) is 6.10. The zero-order valence-corrected chi connectivity index (χ0v) is 17.6. The van der Waals surface area contributed by atoms with Crippen LogP contribution >= 0.6 is 23.1 Å². The van der Waals surface area contributed by atoms with Crippen molar-refractivity contribution < 1.29 is 14.6 Å². The molecule has 0 radical (unpaired) electrons. The Morgan fingerprint density at radius 2 is 2.07 bits per heavy atom. The highest BCUT2D eigenvalue weighted by Crippen LogP contribution is 2.38. The normalized spacial score (nSPS) is 11.0. The van der Waals surface area contributed by atoms with Gasteiger partial charge in [0.15, 0.2) is 0 Å². The summed E-state index contributed by atoms with van der Waals surface area (Å²) >= 11 is 3.15. The number of amides is 1. The summed E-state index contributed by atoms with van der Waals surface area (Å²) < 4.78 is 5.52. The van der Waals surface area contributed by atoms with Crippen LogP contribution in [0.3, 0.4) is 0 Å². The van der Waals surface area contributed by atoms with E-state index in [1.54, 1.807) is 41.4 Å². The Morgan fingerprint density at radius 3 is 2.79 bits per heavy atom. The Kier molecular flexibility index (Phi) is 7.24. The van der Waals surface area contributed by atoms with Crippen LogP contribution in [-0.2, 0) is 4.79 Å². The Labute approximate surface area is 172 Å². The van der Waals surface area contributed by atoms with Crippen LogP contribution in [0.2, 0.25) is 0 Å². The quantitative estimate of drug-likeness (QED) is 0.423. The third-order valence-corrected chi connectivity index (χ3v) is 6.11. The maximum absolute atomic E-state index is 12.1. The van der Waals surface area contributed by atoms with Gasteiger partial charge in [-0.05, 0) is 24.6 Å². The van der Waals surface area contributed by atoms with Crippen molar-refractivity contribution in [2.45, 2.75) is 18.4 Å². The molecule has 0 spiro atoms. The number of ether oxygens (including phenoxy) is 1. The number of rotatable bonds is 9. The zero-order chi connectivity index (χ0) is 19.9. The van der Waals surface area contributed by atoms with Crippen molar-refractivity contribution in [3.8, 4) is 16.9 Å². The minimum atomic E-state index is -0.0255. The number of aliphatic hydroxyl groups excluding tert-OH is 1. The van der Waals surface area contributed by atoms with E-state index >= 15 is 0 Å². The van der Waals surface area contributed by atoms with E-state index in [0.717, 1.165) is 32.1 Å². The molecule has 2 aromatic heterocycles. The first kappa shape index (κ1) is 20.6. The second kappa shape index (κ2) is 9.86. The molecule has 1 amide bonds.